The SMILES string of the molecule is Cc1nn(C)c(C)c1-c1cc(C(=O)N[C@H](c2nc3ccccc3n2C(C)C)C(C)C)[nH]n1. The van der Waals surface area contributed by atoms with E-state index in [0.29, 0.717) is 11.4 Å². The Bertz CT molecular complexity index is 1270. The third-order valence-corrected chi connectivity index (χ3v) is 5.96. The second-order valence-corrected chi connectivity index (χ2v) is 8.95. The minimum absolute atomic E-state index is 0.151. The Balaban J connectivity index is 1.67. The van der Waals surface area contributed by atoms with Gasteiger partial charge < -0.3 is 9.88 Å². The maximum atomic E-state index is 13.2. The fourth-order valence-corrected chi connectivity index (χ4v) is 4.28. The molecule has 0 aliphatic rings. The number of hydrogen-bond acceptors (Lipinski definition) is 4. The van der Waals surface area contributed by atoms with Crippen LogP contribution < -0.4 is 5.32 Å². The third kappa shape index (κ3) is 3.70. The van der Waals surface area contributed by atoms with E-state index >= 15 is 0 Å². The molecule has 0 unspecified atom stereocenters. The molecule has 4 aromatic rings. The van der Waals surface area contributed by atoms with E-state index in [1.165, 1.54) is 0 Å². The molecule has 0 radical (unpaired) electrons. The number of carbonyl (C=O) groups is 1. The average molecular weight is 434 g/mol. The molecule has 0 bridgehead atoms. The summed E-state index contributed by atoms with van der Waals surface area (Å²) in [5, 5.41) is 14.9. The van der Waals surface area contributed by atoms with E-state index in [1.54, 1.807) is 6.07 Å². The first-order valence-electron chi connectivity index (χ1n) is 11.0. The van der Waals surface area contributed by atoms with Crippen molar-refractivity contribution in [3.8, 4) is 11.3 Å². The quantitative estimate of drug-likeness (QED) is 0.469. The summed E-state index contributed by atoms with van der Waals surface area (Å²) in [5.41, 5.74) is 5.98. The van der Waals surface area contributed by atoms with E-state index in [1.807, 2.05) is 43.8 Å². The molecule has 32 heavy (non-hydrogen) atoms. The summed E-state index contributed by atoms with van der Waals surface area (Å²) in [7, 11) is 1.90. The van der Waals surface area contributed by atoms with Crippen LogP contribution in [0.2, 0.25) is 0 Å². The minimum atomic E-state index is -0.245. The van der Waals surface area contributed by atoms with E-state index in [-0.39, 0.29) is 23.9 Å². The zero-order valence-corrected chi connectivity index (χ0v) is 19.8. The molecule has 0 saturated heterocycles. The zero-order chi connectivity index (χ0) is 23.2. The lowest BCUT2D eigenvalue weighted by molar-refractivity contribution is 0.0916. The summed E-state index contributed by atoms with van der Waals surface area (Å²) in [6, 6.07) is 9.85. The lowest BCUT2D eigenvalue weighted by Gasteiger charge is -2.24. The topological polar surface area (TPSA) is 93.4 Å². The van der Waals surface area contributed by atoms with Gasteiger partial charge in [-0.05, 0) is 51.8 Å². The van der Waals surface area contributed by atoms with Gasteiger partial charge in [-0.15, -0.1) is 0 Å². The molecule has 2 N–H and O–H groups in total. The number of benzene rings is 1. The summed E-state index contributed by atoms with van der Waals surface area (Å²) in [5.74, 6) is 0.811. The first-order chi connectivity index (χ1) is 15.2. The molecule has 1 atom stereocenters. The molecule has 3 heterocycles. The van der Waals surface area contributed by atoms with E-state index in [4.69, 9.17) is 4.98 Å². The van der Waals surface area contributed by atoms with Crippen molar-refractivity contribution in [3.63, 3.8) is 0 Å². The molecule has 0 aliphatic heterocycles. The maximum absolute atomic E-state index is 13.2. The number of aryl methyl sites for hydroxylation is 2. The first-order valence-corrected chi connectivity index (χ1v) is 11.0. The number of amides is 1. The molecule has 3 aromatic heterocycles. The van der Waals surface area contributed by atoms with Gasteiger partial charge in [-0.25, -0.2) is 4.98 Å². The van der Waals surface area contributed by atoms with Crippen LogP contribution in [0.25, 0.3) is 22.3 Å². The number of hydrogen-bond donors (Lipinski definition) is 2. The van der Waals surface area contributed by atoms with E-state index in [9.17, 15) is 4.79 Å². The maximum Gasteiger partial charge on any atom is 0.269 e. The van der Waals surface area contributed by atoms with Gasteiger partial charge in [0.1, 0.15) is 11.5 Å². The summed E-state index contributed by atoms with van der Waals surface area (Å²) in [6.07, 6.45) is 0. The van der Waals surface area contributed by atoms with Crippen molar-refractivity contribution in [3.05, 3.63) is 53.2 Å². The Morgan fingerprint density at radius 2 is 1.84 bits per heavy atom. The average Bonchev–Trinajstić information content (AvgIpc) is 3.42. The highest BCUT2D eigenvalue weighted by atomic mass is 16.2. The van der Waals surface area contributed by atoms with Crippen molar-refractivity contribution in [2.45, 2.75) is 53.6 Å². The summed E-state index contributed by atoms with van der Waals surface area (Å²) < 4.78 is 4.03. The van der Waals surface area contributed by atoms with Crippen LogP contribution in [0.3, 0.4) is 0 Å². The Labute approximate surface area is 188 Å². The molecule has 8 nitrogen and oxygen atoms in total. The van der Waals surface area contributed by atoms with Crippen LogP contribution in [0, 0.1) is 19.8 Å². The number of aromatic nitrogens is 6. The van der Waals surface area contributed by atoms with Crippen molar-refractivity contribution in [2.75, 3.05) is 0 Å². The molecule has 1 amide bonds. The number of H-pyrrole nitrogens is 1. The molecule has 8 heteroatoms. The fraction of sp³-hybridized carbons (Fsp3) is 0.417. The zero-order valence-electron chi connectivity index (χ0n) is 19.8. The van der Waals surface area contributed by atoms with Crippen molar-refractivity contribution in [1.82, 2.24) is 34.8 Å². The second kappa shape index (κ2) is 8.26. The molecule has 0 fully saturated rings. The van der Waals surface area contributed by atoms with E-state index < -0.39 is 0 Å². The largest absolute Gasteiger partial charge is 0.340 e. The van der Waals surface area contributed by atoms with Crippen molar-refractivity contribution >= 4 is 16.9 Å². The van der Waals surface area contributed by atoms with Gasteiger partial charge in [0, 0.05) is 24.3 Å². The predicted molar refractivity (Wildman–Crippen MR) is 125 cm³/mol. The first kappa shape index (κ1) is 21.8. The highest BCUT2D eigenvalue weighted by molar-refractivity contribution is 5.93. The number of nitrogens with one attached hydrogen (secondary N) is 2. The van der Waals surface area contributed by atoms with Crippen LogP contribution in [-0.2, 0) is 7.05 Å². The highest BCUT2D eigenvalue weighted by Gasteiger charge is 2.27. The number of aromatic amines is 1. The summed E-state index contributed by atoms with van der Waals surface area (Å²) in [4.78, 5) is 18.1. The fourth-order valence-electron chi connectivity index (χ4n) is 4.28. The van der Waals surface area contributed by atoms with Crippen LogP contribution >= 0.6 is 0 Å². The molecule has 168 valence electrons. The molecule has 0 saturated carbocycles. The smallest absolute Gasteiger partial charge is 0.269 e. The van der Waals surface area contributed by atoms with Gasteiger partial charge in [0.25, 0.3) is 5.91 Å². The highest BCUT2D eigenvalue weighted by Crippen LogP contribution is 2.30. The second-order valence-electron chi connectivity index (χ2n) is 8.95. The minimum Gasteiger partial charge on any atom is -0.340 e. The van der Waals surface area contributed by atoms with E-state index in [2.05, 4.69) is 58.9 Å². The van der Waals surface area contributed by atoms with Crippen molar-refractivity contribution < 1.29 is 4.79 Å². The molecular formula is C24H31N7O. The normalized spacial score (nSPS) is 12.8. The van der Waals surface area contributed by atoms with Crippen LogP contribution in [0.1, 0.15) is 67.5 Å². The van der Waals surface area contributed by atoms with Crippen LogP contribution in [-0.4, -0.2) is 35.4 Å². The van der Waals surface area contributed by atoms with Gasteiger partial charge in [0.15, 0.2) is 0 Å². The molecule has 0 aliphatic carbocycles. The van der Waals surface area contributed by atoms with Crippen LogP contribution in [0.5, 0.6) is 0 Å². The Hall–Kier alpha value is -3.42. The molecule has 1 aromatic carbocycles. The van der Waals surface area contributed by atoms with Gasteiger partial charge in [-0.3, -0.25) is 14.6 Å². The standard InChI is InChI=1S/C24H31N7O/c1-13(2)22(23-25-17-10-8-9-11-20(17)31(23)14(3)4)26-24(32)19-12-18(27-28-19)21-15(5)29-30(7)16(21)6/h8-14,22H,1-7H3,(H,26,32)(H,27,28)/t22-/m0/s1. The third-order valence-electron chi connectivity index (χ3n) is 5.96. The monoisotopic (exact) mass is 433 g/mol. The summed E-state index contributed by atoms with van der Waals surface area (Å²) in [6.45, 7) is 12.4. The number of nitrogens with zero attached hydrogens (tertiary/aromatic N) is 5. The van der Waals surface area contributed by atoms with E-state index in [0.717, 1.165) is 33.8 Å². The number of fused-ring (bicyclic) bond motifs is 1. The predicted octanol–water partition coefficient (Wildman–Crippen LogP) is 4.48. The van der Waals surface area contributed by atoms with Crippen LogP contribution in [0.15, 0.2) is 30.3 Å². The molecule has 0 spiro atoms. The Morgan fingerprint density at radius 3 is 2.47 bits per heavy atom. The lowest BCUT2D eigenvalue weighted by atomic mass is 10.0. The van der Waals surface area contributed by atoms with Gasteiger partial charge in [-0.2, -0.15) is 10.2 Å². The van der Waals surface area contributed by atoms with Gasteiger partial charge >= 0.3 is 0 Å². The molecule has 4 rings (SSSR count). The van der Waals surface area contributed by atoms with Gasteiger partial charge in [0.05, 0.1) is 28.5 Å². The number of rotatable bonds is 6. The number of para-hydroxylation sites is 2. The van der Waals surface area contributed by atoms with Crippen molar-refractivity contribution in [1.29, 1.82) is 0 Å². The van der Waals surface area contributed by atoms with Crippen LogP contribution in [0.4, 0.5) is 0 Å². The van der Waals surface area contributed by atoms with Gasteiger partial charge in [0.2, 0.25) is 0 Å². The lowest BCUT2D eigenvalue weighted by Crippen LogP contribution is -2.34. The number of imidazole rings is 1. The Morgan fingerprint density at radius 1 is 1.12 bits per heavy atom. The summed E-state index contributed by atoms with van der Waals surface area (Å²) >= 11 is 0. The van der Waals surface area contributed by atoms with Gasteiger partial charge in [-0.1, -0.05) is 26.0 Å². The molecular weight excluding hydrogens is 402 g/mol. The Kier molecular flexibility index (Phi) is 5.62. The van der Waals surface area contributed by atoms with Crippen molar-refractivity contribution in [2.24, 2.45) is 13.0 Å². The number of carbonyl (C=O) groups excluding carboxylic acids is 1.